The van der Waals surface area contributed by atoms with E-state index in [2.05, 4.69) is 162 Å². The van der Waals surface area contributed by atoms with E-state index in [0.29, 0.717) is 0 Å². The number of benzene rings is 5. The smallest absolute Gasteiger partial charge is 0.202 e. The predicted octanol–water partition coefficient (Wildman–Crippen LogP) is 9.31. The third-order valence-electron chi connectivity index (χ3n) is 9.39. The number of hydrogen-bond donors (Lipinski definition) is 1. The predicted molar refractivity (Wildman–Crippen MR) is 178 cm³/mol. The number of para-hydroxylation sites is 3. The standard InChI is InChI=1S/C39H30N4/c1-39(2)32-20-9-6-15-26(32)29-18-12-19-30(35(29)39)36-31-23-24-42(25-13-4-3-5-14-25)37(31)41-38(40-36)43-33-21-10-7-16-27(33)28-17-8-11-22-34(28)43/h3-24,38,41H,1-2H3. The first-order valence-corrected chi connectivity index (χ1v) is 14.9. The Morgan fingerprint density at radius 2 is 1.23 bits per heavy atom. The maximum Gasteiger partial charge on any atom is 0.202 e. The van der Waals surface area contributed by atoms with E-state index in [-0.39, 0.29) is 11.7 Å². The fraction of sp³-hybridized carbons (Fsp3) is 0.103. The van der Waals surface area contributed by atoms with Gasteiger partial charge in [-0.15, -0.1) is 0 Å². The van der Waals surface area contributed by atoms with E-state index >= 15 is 0 Å². The molecule has 1 N–H and O–H groups in total. The number of aliphatic imine (C=N–C) groups is 1. The number of nitrogens with zero attached hydrogens (tertiary/aromatic N) is 3. The highest BCUT2D eigenvalue weighted by atomic mass is 15.3. The Bertz CT molecular complexity index is 2190. The molecule has 0 radical (unpaired) electrons. The summed E-state index contributed by atoms with van der Waals surface area (Å²) in [5, 5.41) is 6.34. The van der Waals surface area contributed by atoms with Gasteiger partial charge in [0.2, 0.25) is 6.29 Å². The second-order valence-corrected chi connectivity index (χ2v) is 12.1. The highest BCUT2D eigenvalue weighted by molar-refractivity contribution is 6.19. The zero-order valence-electron chi connectivity index (χ0n) is 24.1. The number of rotatable bonds is 3. The molecule has 0 saturated carbocycles. The summed E-state index contributed by atoms with van der Waals surface area (Å²) in [7, 11) is 0. The van der Waals surface area contributed by atoms with Crippen LogP contribution < -0.4 is 5.32 Å². The average Bonchev–Trinajstić information content (AvgIpc) is 3.70. The molecule has 7 aromatic rings. The highest BCUT2D eigenvalue weighted by Gasteiger charge is 2.39. The molecule has 0 bridgehead atoms. The summed E-state index contributed by atoms with van der Waals surface area (Å²) >= 11 is 0. The molecular formula is C39H30N4. The van der Waals surface area contributed by atoms with Crippen molar-refractivity contribution >= 4 is 33.3 Å². The molecular weight excluding hydrogens is 524 g/mol. The van der Waals surface area contributed by atoms with Crippen LogP contribution >= 0.6 is 0 Å². The van der Waals surface area contributed by atoms with E-state index in [9.17, 15) is 0 Å². The average molecular weight is 555 g/mol. The third-order valence-corrected chi connectivity index (χ3v) is 9.39. The zero-order valence-corrected chi connectivity index (χ0v) is 24.1. The van der Waals surface area contributed by atoms with Crippen LogP contribution in [0.5, 0.6) is 0 Å². The molecule has 0 fully saturated rings. The molecule has 1 unspecified atom stereocenters. The molecule has 9 rings (SSSR count). The Morgan fingerprint density at radius 1 is 0.605 bits per heavy atom. The second kappa shape index (κ2) is 8.83. The van der Waals surface area contributed by atoms with Gasteiger partial charge in [0.05, 0.1) is 16.7 Å². The van der Waals surface area contributed by atoms with Gasteiger partial charge in [0, 0.05) is 39.2 Å². The molecule has 43 heavy (non-hydrogen) atoms. The Kier molecular flexibility index (Phi) is 4.98. The fourth-order valence-corrected chi connectivity index (χ4v) is 7.52. The number of nitrogens with one attached hydrogen (secondary N) is 1. The molecule has 0 amide bonds. The first-order chi connectivity index (χ1) is 21.1. The van der Waals surface area contributed by atoms with Gasteiger partial charge in [-0.3, -0.25) is 0 Å². The number of hydrogen-bond acceptors (Lipinski definition) is 2. The van der Waals surface area contributed by atoms with Crippen LogP contribution in [0.25, 0.3) is 38.6 Å². The molecule has 2 aliphatic rings. The van der Waals surface area contributed by atoms with Crippen LogP contribution in [-0.4, -0.2) is 14.8 Å². The number of fused-ring (bicyclic) bond motifs is 7. The van der Waals surface area contributed by atoms with Crippen molar-refractivity contribution in [3.63, 3.8) is 0 Å². The SMILES string of the molecule is CC1(C)c2ccccc2-c2cccc(C3=NC(n4c5ccccc5c5ccccc54)Nc4c3ccn4-c3ccccc3)c21. The van der Waals surface area contributed by atoms with Crippen molar-refractivity contribution in [3.8, 4) is 16.8 Å². The van der Waals surface area contributed by atoms with Gasteiger partial charge in [0.15, 0.2) is 0 Å². The Labute approximate surface area is 250 Å². The molecule has 4 heteroatoms. The summed E-state index contributed by atoms with van der Waals surface area (Å²) in [5.74, 6) is 1.05. The van der Waals surface area contributed by atoms with E-state index in [1.807, 2.05) is 0 Å². The molecule has 4 nitrogen and oxygen atoms in total. The molecule has 1 atom stereocenters. The molecule has 2 aromatic heterocycles. The Hall–Kier alpha value is -5.35. The Morgan fingerprint density at radius 3 is 2.00 bits per heavy atom. The molecule has 0 spiro atoms. The lowest BCUT2D eigenvalue weighted by Crippen LogP contribution is -2.27. The maximum atomic E-state index is 5.60. The quantitative estimate of drug-likeness (QED) is 0.232. The summed E-state index contributed by atoms with van der Waals surface area (Å²) in [5.41, 5.74) is 12.0. The lowest BCUT2D eigenvalue weighted by Gasteiger charge is -2.30. The van der Waals surface area contributed by atoms with Crippen LogP contribution in [0.3, 0.4) is 0 Å². The van der Waals surface area contributed by atoms with Gasteiger partial charge in [0.1, 0.15) is 5.82 Å². The van der Waals surface area contributed by atoms with Crippen molar-refractivity contribution in [1.29, 1.82) is 0 Å². The van der Waals surface area contributed by atoms with Crippen molar-refractivity contribution in [2.24, 2.45) is 4.99 Å². The summed E-state index contributed by atoms with van der Waals surface area (Å²) in [4.78, 5) is 5.60. The maximum absolute atomic E-state index is 5.60. The van der Waals surface area contributed by atoms with Crippen LogP contribution in [0, 0.1) is 0 Å². The van der Waals surface area contributed by atoms with Crippen molar-refractivity contribution in [1.82, 2.24) is 9.13 Å². The summed E-state index contributed by atoms with van der Waals surface area (Å²) in [6.45, 7) is 4.70. The van der Waals surface area contributed by atoms with E-state index in [0.717, 1.165) is 33.8 Å². The van der Waals surface area contributed by atoms with Crippen molar-refractivity contribution in [2.45, 2.75) is 25.6 Å². The van der Waals surface area contributed by atoms with Crippen molar-refractivity contribution < 1.29 is 0 Å². The first-order valence-electron chi connectivity index (χ1n) is 14.9. The van der Waals surface area contributed by atoms with Crippen LogP contribution in [-0.2, 0) is 5.41 Å². The topological polar surface area (TPSA) is 34.2 Å². The van der Waals surface area contributed by atoms with Gasteiger partial charge < -0.3 is 14.5 Å². The van der Waals surface area contributed by atoms with Gasteiger partial charge in [-0.2, -0.15) is 0 Å². The highest BCUT2D eigenvalue weighted by Crippen LogP contribution is 2.51. The molecule has 5 aromatic carbocycles. The summed E-state index contributed by atoms with van der Waals surface area (Å²) in [6.07, 6.45) is 1.83. The fourth-order valence-electron chi connectivity index (χ4n) is 7.52. The zero-order chi connectivity index (χ0) is 28.7. The van der Waals surface area contributed by atoms with Crippen molar-refractivity contribution in [2.75, 3.05) is 5.32 Å². The van der Waals surface area contributed by atoms with Gasteiger partial charge >= 0.3 is 0 Å². The van der Waals surface area contributed by atoms with E-state index in [1.54, 1.807) is 0 Å². The first kappa shape index (κ1) is 24.3. The molecule has 206 valence electrons. The van der Waals surface area contributed by atoms with Crippen molar-refractivity contribution in [3.05, 3.63) is 156 Å². The largest absolute Gasteiger partial charge is 0.332 e. The lowest BCUT2D eigenvalue weighted by atomic mass is 9.78. The summed E-state index contributed by atoms with van der Waals surface area (Å²) < 4.78 is 4.62. The molecule has 3 heterocycles. The Balaban J connectivity index is 1.34. The number of aromatic nitrogens is 2. The van der Waals surface area contributed by atoms with Crippen LogP contribution in [0.4, 0.5) is 5.82 Å². The lowest BCUT2D eigenvalue weighted by molar-refractivity contribution is 0.618. The minimum Gasteiger partial charge on any atom is -0.332 e. The minimum absolute atomic E-state index is 0.152. The summed E-state index contributed by atoms with van der Waals surface area (Å²) in [6, 6.07) is 45.7. The van der Waals surface area contributed by atoms with Gasteiger partial charge in [-0.1, -0.05) is 111 Å². The van der Waals surface area contributed by atoms with Gasteiger partial charge in [-0.05, 0) is 52.6 Å². The van der Waals surface area contributed by atoms with Crippen LogP contribution in [0.15, 0.2) is 139 Å². The molecule has 1 aliphatic heterocycles. The van der Waals surface area contributed by atoms with Crippen LogP contribution in [0.1, 0.15) is 42.4 Å². The monoisotopic (exact) mass is 554 g/mol. The van der Waals surface area contributed by atoms with E-state index in [4.69, 9.17) is 4.99 Å². The van der Waals surface area contributed by atoms with Gasteiger partial charge in [-0.25, -0.2) is 4.99 Å². The third kappa shape index (κ3) is 3.35. The minimum atomic E-state index is -0.340. The van der Waals surface area contributed by atoms with Crippen LogP contribution in [0.2, 0.25) is 0 Å². The normalized spacial score (nSPS) is 16.4. The molecule has 1 aliphatic carbocycles. The second-order valence-electron chi connectivity index (χ2n) is 12.1. The van der Waals surface area contributed by atoms with E-state index < -0.39 is 0 Å². The molecule has 0 saturated heterocycles. The number of anilines is 1. The van der Waals surface area contributed by atoms with E-state index in [1.165, 1.54) is 38.6 Å². The van der Waals surface area contributed by atoms with Gasteiger partial charge in [0.25, 0.3) is 0 Å².